The molecular formula is C18H23N3. The zero-order valence-corrected chi connectivity index (χ0v) is 13.1. The number of hydrogen-bond acceptors (Lipinski definition) is 3. The average Bonchev–Trinajstić information content (AvgIpc) is 2.36. The summed E-state index contributed by atoms with van der Waals surface area (Å²) >= 11 is 0. The molecule has 21 heavy (non-hydrogen) atoms. The maximum atomic E-state index is 6.12. The number of aromatic nitrogens is 2. The van der Waals surface area contributed by atoms with E-state index < -0.39 is 0 Å². The molecule has 1 saturated carbocycles. The van der Waals surface area contributed by atoms with Crippen molar-refractivity contribution in [3.8, 4) is 11.4 Å². The molecule has 0 spiro atoms. The zero-order chi connectivity index (χ0) is 15.0. The number of nitrogens with zero attached hydrogens (tertiary/aromatic N) is 2. The number of anilines is 1. The fourth-order valence-corrected chi connectivity index (χ4v) is 3.09. The van der Waals surface area contributed by atoms with Crippen molar-refractivity contribution in [1.29, 1.82) is 0 Å². The molecule has 2 N–H and O–H groups in total. The molecule has 0 aliphatic heterocycles. The van der Waals surface area contributed by atoms with Crippen molar-refractivity contribution in [2.75, 3.05) is 5.73 Å². The highest BCUT2D eigenvalue weighted by Crippen LogP contribution is 2.36. The third-order valence-electron chi connectivity index (χ3n) is 4.49. The molecule has 0 bridgehead atoms. The van der Waals surface area contributed by atoms with Gasteiger partial charge in [-0.25, -0.2) is 9.97 Å². The topological polar surface area (TPSA) is 51.8 Å². The van der Waals surface area contributed by atoms with E-state index in [0.29, 0.717) is 11.7 Å². The fraction of sp³-hybridized carbons (Fsp3) is 0.444. The van der Waals surface area contributed by atoms with E-state index in [0.717, 1.165) is 28.6 Å². The number of rotatable bonds is 3. The number of aryl methyl sites for hydroxylation is 1. The molecule has 110 valence electrons. The Bertz CT molecular complexity index is 617. The first-order valence-electron chi connectivity index (χ1n) is 7.80. The molecule has 3 rings (SSSR count). The molecule has 1 fully saturated rings. The van der Waals surface area contributed by atoms with E-state index >= 15 is 0 Å². The predicted octanol–water partition coefficient (Wildman–Crippen LogP) is 4.43. The van der Waals surface area contributed by atoms with Gasteiger partial charge in [0.2, 0.25) is 0 Å². The Kier molecular flexibility index (Phi) is 3.66. The summed E-state index contributed by atoms with van der Waals surface area (Å²) in [6.07, 6.45) is 4.01. The predicted molar refractivity (Wildman–Crippen MR) is 87.3 cm³/mol. The molecule has 1 aliphatic rings. The van der Waals surface area contributed by atoms with Gasteiger partial charge in [-0.3, -0.25) is 0 Å². The summed E-state index contributed by atoms with van der Waals surface area (Å²) in [6.45, 7) is 6.25. The second-order valence-corrected chi connectivity index (χ2v) is 6.34. The number of hydrogen-bond donors (Lipinski definition) is 1. The fourth-order valence-electron chi connectivity index (χ4n) is 3.09. The molecule has 1 aliphatic carbocycles. The highest BCUT2D eigenvalue weighted by atomic mass is 15.0. The lowest BCUT2D eigenvalue weighted by Gasteiger charge is -2.25. The molecule has 1 heterocycles. The van der Waals surface area contributed by atoms with Crippen molar-refractivity contribution in [1.82, 2.24) is 9.97 Å². The van der Waals surface area contributed by atoms with E-state index in [-0.39, 0.29) is 0 Å². The quantitative estimate of drug-likeness (QED) is 0.905. The molecule has 1 aromatic carbocycles. The van der Waals surface area contributed by atoms with Gasteiger partial charge in [0.25, 0.3) is 0 Å². The zero-order valence-electron chi connectivity index (χ0n) is 13.1. The molecule has 0 amide bonds. The van der Waals surface area contributed by atoms with Crippen molar-refractivity contribution in [3.63, 3.8) is 0 Å². The Labute approximate surface area is 126 Å². The summed E-state index contributed by atoms with van der Waals surface area (Å²) in [5.41, 5.74) is 10.6. The largest absolute Gasteiger partial charge is 0.383 e. The first-order chi connectivity index (χ1) is 10.1. The van der Waals surface area contributed by atoms with Gasteiger partial charge in [0.15, 0.2) is 5.82 Å². The first-order valence-corrected chi connectivity index (χ1v) is 7.80. The molecule has 3 nitrogen and oxygen atoms in total. The lowest BCUT2D eigenvalue weighted by atomic mass is 9.80. The Morgan fingerprint density at radius 2 is 1.76 bits per heavy atom. The van der Waals surface area contributed by atoms with Crippen LogP contribution in [0.15, 0.2) is 24.3 Å². The third kappa shape index (κ3) is 2.65. The van der Waals surface area contributed by atoms with Gasteiger partial charge in [0.05, 0.1) is 0 Å². The van der Waals surface area contributed by atoms with Crippen molar-refractivity contribution >= 4 is 5.82 Å². The maximum absolute atomic E-state index is 6.12. The van der Waals surface area contributed by atoms with Crippen LogP contribution in [0.25, 0.3) is 11.4 Å². The maximum Gasteiger partial charge on any atom is 0.161 e. The van der Waals surface area contributed by atoms with Crippen LogP contribution in [0.2, 0.25) is 0 Å². The lowest BCUT2D eigenvalue weighted by Crippen LogP contribution is -2.09. The van der Waals surface area contributed by atoms with E-state index in [1.165, 1.54) is 24.8 Å². The minimum Gasteiger partial charge on any atom is -0.383 e. The summed E-state index contributed by atoms with van der Waals surface area (Å²) in [5, 5.41) is 0. The van der Waals surface area contributed by atoms with Gasteiger partial charge < -0.3 is 5.73 Å². The molecule has 1 aromatic heterocycles. The average molecular weight is 281 g/mol. The Hall–Kier alpha value is -1.90. The van der Waals surface area contributed by atoms with Gasteiger partial charge in [0, 0.05) is 16.8 Å². The monoisotopic (exact) mass is 281 g/mol. The minimum atomic E-state index is 0.347. The summed E-state index contributed by atoms with van der Waals surface area (Å²) in [4.78, 5) is 9.14. The van der Waals surface area contributed by atoms with Gasteiger partial charge in [-0.2, -0.15) is 0 Å². The number of nitrogen functional groups attached to an aromatic ring is 1. The van der Waals surface area contributed by atoms with Crippen LogP contribution in [-0.4, -0.2) is 9.97 Å². The molecule has 0 atom stereocenters. The van der Waals surface area contributed by atoms with E-state index in [2.05, 4.69) is 48.1 Å². The molecular weight excluding hydrogens is 258 g/mol. The molecule has 0 unspecified atom stereocenters. The van der Waals surface area contributed by atoms with E-state index in [1.54, 1.807) is 0 Å². The molecule has 0 radical (unpaired) electrons. The van der Waals surface area contributed by atoms with Crippen molar-refractivity contribution in [2.45, 2.75) is 51.9 Å². The molecule has 0 saturated heterocycles. The standard InChI is InChI=1S/C18H23N3/c1-11(2)16-12(3)20-18(21-17(16)19)15-9-7-14(8-10-15)13-5-4-6-13/h7-11,13H,4-6H2,1-3H3,(H2,19,20,21). The Morgan fingerprint density at radius 1 is 1.10 bits per heavy atom. The SMILES string of the molecule is Cc1nc(-c2ccc(C3CCC3)cc2)nc(N)c1C(C)C. The van der Waals surface area contributed by atoms with Crippen LogP contribution >= 0.6 is 0 Å². The van der Waals surface area contributed by atoms with Crippen LogP contribution in [0.5, 0.6) is 0 Å². The van der Waals surface area contributed by atoms with E-state index in [9.17, 15) is 0 Å². The second-order valence-electron chi connectivity index (χ2n) is 6.34. The van der Waals surface area contributed by atoms with Crippen LogP contribution in [0.4, 0.5) is 5.82 Å². The van der Waals surface area contributed by atoms with E-state index in [4.69, 9.17) is 5.73 Å². The van der Waals surface area contributed by atoms with Gasteiger partial charge in [0.1, 0.15) is 5.82 Å². The Morgan fingerprint density at radius 3 is 2.24 bits per heavy atom. The smallest absolute Gasteiger partial charge is 0.161 e. The Balaban J connectivity index is 1.93. The van der Waals surface area contributed by atoms with Gasteiger partial charge >= 0.3 is 0 Å². The summed E-state index contributed by atoms with van der Waals surface area (Å²) in [6, 6.07) is 8.67. The third-order valence-corrected chi connectivity index (χ3v) is 4.49. The number of benzene rings is 1. The van der Waals surface area contributed by atoms with Crippen molar-refractivity contribution in [2.24, 2.45) is 0 Å². The summed E-state index contributed by atoms with van der Waals surface area (Å²) in [5.74, 6) is 2.44. The minimum absolute atomic E-state index is 0.347. The van der Waals surface area contributed by atoms with Crippen LogP contribution in [0.3, 0.4) is 0 Å². The van der Waals surface area contributed by atoms with Crippen molar-refractivity contribution < 1.29 is 0 Å². The van der Waals surface area contributed by atoms with Crippen LogP contribution < -0.4 is 5.73 Å². The summed E-state index contributed by atoms with van der Waals surface area (Å²) < 4.78 is 0. The van der Waals surface area contributed by atoms with Crippen LogP contribution in [0, 0.1) is 6.92 Å². The van der Waals surface area contributed by atoms with Crippen LogP contribution in [0.1, 0.15) is 61.8 Å². The summed E-state index contributed by atoms with van der Waals surface area (Å²) in [7, 11) is 0. The normalized spacial score (nSPS) is 15.2. The van der Waals surface area contributed by atoms with Gasteiger partial charge in [-0.15, -0.1) is 0 Å². The van der Waals surface area contributed by atoms with Gasteiger partial charge in [-0.1, -0.05) is 44.5 Å². The molecule has 3 heteroatoms. The van der Waals surface area contributed by atoms with Crippen LogP contribution in [-0.2, 0) is 0 Å². The second kappa shape index (κ2) is 5.47. The highest BCUT2D eigenvalue weighted by Gasteiger charge is 2.19. The highest BCUT2D eigenvalue weighted by molar-refractivity contribution is 5.59. The number of nitrogens with two attached hydrogens (primary N) is 1. The van der Waals surface area contributed by atoms with Crippen molar-refractivity contribution in [3.05, 3.63) is 41.1 Å². The molecule has 2 aromatic rings. The first kappa shape index (κ1) is 14.1. The lowest BCUT2D eigenvalue weighted by molar-refractivity contribution is 0.420. The van der Waals surface area contributed by atoms with E-state index in [1.807, 2.05) is 6.92 Å². The van der Waals surface area contributed by atoms with Gasteiger partial charge in [-0.05, 0) is 37.2 Å².